The average molecular weight is 321 g/mol. The molecule has 4 unspecified atom stereocenters. The van der Waals surface area contributed by atoms with E-state index >= 15 is 0 Å². The highest BCUT2D eigenvalue weighted by Gasteiger charge is 2.57. The number of likely N-dealkylation sites (tertiary alicyclic amines) is 1. The van der Waals surface area contributed by atoms with E-state index in [0.29, 0.717) is 23.9 Å². The van der Waals surface area contributed by atoms with Gasteiger partial charge in [-0.1, -0.05) is 0 Å². The van der Waals surface area contributed by atoms with Crippen LogP contribution in [0.5, 0.6) is 0 Å². The molecule has 0 bridgehead atoms. The van der Waals surface area contributed by atoms with Gasteiger partial charge >= 0.3 is 6.09 Å². The largest absolute Gasteiger partial charge is 0.444 e. The molecule has 0 aromatic heterocycles. The van der Waals surface area contributed by atoms with Gasteiger partial charge < -0.3 is 19.9 Å². The van der Waals surface area contributed by atoms with Crippen LogP contribution in [0.4, 0.5) is 4.79 Å². The molecule has 4 fully saturated rings. The van der Waals surface area contributed by atoms with E-state index in [0.717, 1.165) is 19.1 Å². The maximum atomic E-state index is 12.1. The lowest BCUT2D eigenvalue weighted by atomic mass is 9.97. The number of hydrogen-bond donors (Lipinski definition) is 1. The molecule has 4 rings (SSSR count). The molecule has 4 aliphatic rings. The third-order valence-electron chi connectivity index (χ3n) is 6.09. The van der Waals surface area contributed by atoms with Gasteiger partial charge in [0.25, 0.3) is 0 Å². The molecule has 5 nitrogen and oxygen atoms in total. The van der Waals surface area contributed by atoms with Crippen molar-refractivity contribution in [3.8, 4) is 0 Å². The molecule has 1 aliphatic carbocycles. The van der Waals surface area contributed by atoms with Gasteiger partial charge in [-0.25, -0.2) is 4.79 Å². The first-order chi connectivity index (χ1) is 10.9. The summed E-state index contributed by atoms with van der Waals surface area (Å²) in [5.41, 5.74) is -0.392. The number of ether oxygens (including phenoxy) is 1. The van der Waals surface area contributed by atoms with E-state index in [9.17, 15) is 4.79 Å². The second kappa shape index (κ2) is 5.62. The minimum absolute atomic E-state index is 0.136. The molecule has 0 aromatic rings. The molecule has 1 N–H and O–H groups in total. The number of rotatable bonds is 2. The zero-order valence-electron chi connectivity index (χ0n) is 14.8. The summed E-state index contributed by atoms with van der Waals surface area (Å²) in [5.74, 6) is 1.31. The highest BCUT2D eigenvalue weighted by atomic mass is 16.6. The van der Waals surface area contributed by atoms with Crippen molar-refractivity contribution in [2.45, 2.75) is 70.2 Å². The summed E-state index contributed by atoms with van der Waals surface area (Å²) in [7, 11) is 0. The Morgan fingerprint density at radius 3 is 2.57 bits per heavy atom. The summed E-state index contributed by atoms with van der Waals surface area (Å²) in [5, 5.41) is 3.91. The average Bonchev–Trinajstić information content (AvgIpc) is 2.87. The summed E-state index contributed by atoms with van der Waals surface area (Å²) in [4.78, 5) is 16.7. The van der Waals surface area contributed by atoms with E-state index in [4.69, 9.17) is 4.74 Å². The number of nitrogens with zero attached hydrogens (tertiary/aromatic N) is 2. The minimum atomic E-state index is -0.392. The maximum Gasteiger partial charge on any atom is 0.410 e. The summed E-state index contributed by atoms with van der Waals surface area (Å²) in [6, 6.07) is 2.17. The Morgan fingerprint density at radius 2 is 1.87 bits per heavy atom. The predicted octanol–water partition coefficient (Wildman–Crippen LogP) is 2.07. The van der Waals surface area contributed by atoms with Crippen molar-refractivity contribution in [2.75, 3.05) is 26.2 Å². The van der Waals surface area contributed by atoms with Gasteiger partial charge in [-0.3, -0.25) is 0 Å². The Morgan fingerprint density at radius 1 is 1.13 bits per heavy atom. The smallest absolute Gasteiger partial charge is 0.410 e. The normalized spacial score (nSPS) is 40.0. The fraction of sp³-hybridized carbons (Fsp3) is 0.944. The van der Waals surface area contributed by atoms with Crippen molar-refractivity contribution in [1.82, 2.24) is 15.1 Å². The van der Waals surface area contributed by atoms with Gasteiger partial charge in [0.2, 0.25) is 0 Å². The maximum absolute atomic E-state index is 12.1. The molecule has 3 heterocycles. The summed E-state index contributed by atoms with van der Waals surface area (Å²) < 4.78 is 5.48. The second-order valence-electron chi connectivity index (χ2n) is 8.96. The van der Waals surface area contributed by atoms with Crippen LogP contribution in [0.15, 0.2) is 0 Å². The monoisotopic (exact) mass is 321 g/mol. The van der Waals surface area contributed by atoms with Crippen LogP contribution < -0.4 is 5.32 Å². The molecule has 4 atom stereocenters. The lowest BCUT2D eigenvalue weighted by molar-refractivity contribution is 0.0267. The van der Waals surface area contributed by atoms with Crippen molar-refractivity contribution in [1.29, 1.82) is 0 Å². The third-order valence-corrected chi connectivity index (χ3v) is 6.09. The molecule has 0 radical (unpaired) electrons. The van der Waals surface area contributed by atoms with E-state index in [2.05, 4.69) is 10.2 Å². The van der Waals surface area contributed by atoms with Crippen LogP contribution in [0.2, 0.25) is 0 Å². The summed E-state index contributed by atoms with van der Waals surface area (Å²) in [6.45, 7) is 10.1. The Kier molecular flexibility index (Phi) is 3.84. The fourth-order valence-corrected chi connectivity index (χ4v) is 4.90. The van der Waals surface area contributed by atoms with Gasteiger partial charge in [0.15, 0.2) is 0 Å². The van der Waals surface area contributed by atoms with E-state index in [1.165, 1.54) is 38.8 Å². The predicted molar refractivity (Wildman–Crippen MR) is 89.3 cm³/mol. The van der Waals surface area contributed by atoms with Gasteiger partial charge in [-0.2, -0.15) is 0 Å². The van der Waals surface area contributed by atoms with E-state index in [-0.39, 0.29) is 6.09 Å². The molecule has 3 saturated heterocycles. The van der Waals surface area contributed by atoms with Crippen molar-refractivity contribution >= 4 is 6.09 Å². The number of carbonyl (C=O) groups is 1. The number of carbonyl (C=O) groups excluding carboxylic acids is 1. The van der Waals surface area contributed by atoms with E-state index < -0.39 is 5.60 Å². The molecule has 1 amide bonds. The molecule has 23 heavy (non-hydrogen) atoms. The van der Waals surface area contributed by atoms with Crippen LogP contribution in [0.3, 0.4) is 0 Å². The Balaban J connectivity index is 1.23. The van der Waals surface area contributed by atoms with Crippen molar-refractivity contribution < 1.29 is 9.53 Å². The van der Waals surface area contributed by atoms with E-state index in [1.54, 1.807) is 0 Å². The summed E-state index contributed by atoms with van der Waals surface area (Å²) >= 11 is 0. The Labute approximate surface area is 139 Å². The minimum Gasteiger partial charge on any atom is -0.444 e. The first kappa shape index (κ1) is 15.7. The van der Waals surface area contributed by atoms with Crippen LogP contribution in [0.1, 0.15) is 46.5 Å². The first-order valence-corrected chi connectivity index (χ1v) is 9.39. The number of fused-ring (bicyclic) bond motifs is 2. The lowest BCUT2D eigenvalue weighted by Crippen LogP contribution is -2.48. The highest BCUT2D eigenvalue weighted by Crippen LogP contribution is 2.46. The quantitative estimate of drug-likeness (QED) is 0.846. The van der Waals surface area contributed by atoms with Crippen LogP contribution in [-0.2, 0) is 4.74 Å². The highest BCUT2D eigenvalue weighted by molar-refractivity contribution is 5.69. The van der Waals surface area contributed by atoms with Crippen LogP contribution >= 0.6 is 0 Å². The third kappa shape index (κ3) is 3.22. The van der Waals surface area contributed by atoms with Crippen molar-refractivity contribution in [3.05, 3.63) is 0 Å². The molecule has 5 heteroatoms. The molecular weight excluding hydrogens is 290 g/mol. The number of amides is 1. The standard InChI is InChI=1S/C18H31N3O2/c1-18(2,3)23-17(22)21-10-14-15(11-21)16(14)19-12-6-8-20-7-4-5-13(20)9-12/h12-16,19H,4-11H2,1-3H3. The van der Waals surface area contributed by atoms with Gasteiger partial charge in [0.05, 0.1) is 0 Å². The molecule has 0 aromatic carbocycles. The SMILES string of the molecule is CC(C)(C)OC(=O)N1CC2C(C1)C2NC1CCN2CCCC2C1. The fourth-order valence-electron chi connectivity index (χ4n) is 4.90. The molecular formula is C18H31N3O2. The molecule has 1 saturated carbocycles. The first-order valence-electron chi connectivity index (χ1n) is 9.39. The lowest BCUT2D eigenvalue weighted by Gasteiger charge is -2.36. The van der Waals surface area contributed by atoms with Crippen LogP contribution in [0, 0.1) is 11.8 Å². The number of hydrogen-bond acceptors (Lipinski definition) is 4. The van der Waals surface area contributed by atoms with Gasteiger partial charge in [-0.05, 0) is 71.4 Å². The zero-order valence-corrected chi connectivity index (χ0v) is 14.8. The van der Waals surface area contributed by atoms with Crippen molar-refractivity contribution in [3.63, 3.8) is 0 Å². The second-order valence-corrected chi connectivity index (χ2v) is 8.96. The van der Waals surface area contributed by atoms with Gasteiger partial charge in [0.1, 0.15) is 5.60 Å². The molecule has 0 spiro atoms. The van der Waals surface area contributed by atoms with Crippen LogP contribution in [-0.4, -0.2) is 65.8 Å². The summed E-state index contributed by atoms with van der Waals surface area (Å²) in [6.07, 6.45) is 5.26. The van der Waals surface area contributed by atoms with Gasteiger partial charge in [-0.15, -0.1) is 0 Å². The van der Waals surface area contributed by atoms with Crippen LogP contribution in [0.25, 0.3) is 0 Å². The Bertz CT molecular complexity index is 463. The zero-order chi connectivity index (χ0) is 16.2. The topological polar surface area (TPSA) is 44.8 Å². The molecule has 130 valence electrons. The molecule has 3 aliphatic heterocycles. The number of nitrogens with one attached hydrogen (secondary N) is 1. The van der Waals surface area contributed by atoms with Crippen molar-refractivity contribution in [2.24, 2.45) is 11.8 Å². The van der Waals surface area contributed by atoms with Gasteiger partial charge in [0, 0.05) is 31.2 Å². The Hall–Kier alpha value is -0.810. The number of piperidine rings is 2. The van der Waals surface area contributed by atoms with E-state index in [1.807, 2.05) is 25.7 Å².